The lowest BCUT2D eigenvalue weighted by molar-refractivity contribution is 0.0841. The van der Waals surface area contributed by atoms with E-state index in [2.05, 4.69) is 34.3 Å². The third kappa shape index (κ3) is 4.40. The van der Waals surface area contributed by atoms with Crippen molar-refractivity contribution in [3.05, 3.63) is 71.7 Å². The summed E-state index contributed by atoms with van der Waals surface area (Å²) in [7, 11) is 0. The lowest BCUT2D eigenvalue weighted by Crippen LogP contribution is -2.37. The molecule has 0 radical (unpaired) electrons. The third-order valence-electron chi connectivity index (χ3n) is 5.46. The second-order valence-electron chi connectivity index (χ2n) is 7.10. The molecule has 1 aliphatic heterocycles. The first-order valence-electron chi connectivity index (χ1n) is 9.28. The van der Waals surface area contributed by atoms with Gasteiger partial charge in [-0.05, 0) is 68.2 Å². The number of piperidine rings is 1. The smallest absolute Gasteiger partial charge is 0.166 e. The molecule has 1 aliphatic rings. The first-order valence-corrected chi connectivity index (χ1v) is 9.28. The fraction of sp³-hybridized carbons (Fsp3) is 0.318. The summed E-state index contributed by atoms with van der Waals surface area (Å²) in [5, 5.41) is 1.30. The van der Waals surface area contributed by atoms with Crippen LogP contribution in [-0.4, -0.2) is 35.3 Å². The number of H-pyrrole nitrogens is 1. The molecule has 4 rings (SSSR count). The summed E-state index contributed by atoms with van der Waals surface area (Å²) in [4.78, 5) is 18.3. The Bertz CT molecular complexity index is 898. The van der Waals surface area contributed by atoms with E-state index in [1.807, 2.05) is 6.07 Å². The fourth-order valence-corrected chi connectivity index (χ4v) is 3.89. The van der Waals surface area contributed by atoms with E-state index < -0.39 is 0 Å². The molecular weight excluding hydrogens is 363 g/mol. The Hall–Kier alpha value is -2.17. The van der Waals surface area contributed by atoms with Crippen LogP contribution in [0.1, 0.15) is 28.8 Å². The number of halogens is 2. The highest BCUT2D eigenvalue weighted by Crippen LogP contribution is 2.23. The van der Waals surface area contributed by atoms with Gasteiger partial charge in [0.15, 0.2) is 5.78 Å². The molecule has 1 N–H and O–H groups in total. The van der Waals surface area contributed by atoms with E-state index in [1.54, 1.807) is 12.1 Å². The number of rotatable bonds is 5. The molecule has 2 aromatic carbocycles. The number of carbonyl (C=O) groups excluding carboxylic acids is 1. The van der Waals surface area contributed by atoms with Gasteiger partial charge in [-0.25, -0.2) is 4.39 Å². The highest BCUT2D eigenvalue weighted by atomic mass is 35.5. The highest BCUT2D eigenvalue weighted by Gasteiger charge is 2.25. The van der Waals surface area contributed by atoms with Gasteiger partial charge in [-0.3, -0.25) is 4.79 Å². The van der Waals surface area contributed by atoms with Crippen molar-refractivity contribution < 1.29 is 9.18 Å². The molecule has 5 heteroatoms. The fourth-order valence-electron chi connectivity index (χ4n) is 3.89. The molecule has 0 unspecified atom stereocenters. The number of Topliss-reactive ketones (excluding diaryl/α,β-unsaturated/α-hetero) is 1. The first-order chi connectivity index (χ1) is 12.7. The minimum atomic E-state index is -0.298. The van der Waals surface area contributed by atoms with E-state index in [0.717, 1.165) is 38.9 Å². The summed E-state index contributed by atoms with van der Waals surface area (Å²) >= 11 is 0. The van der Waals surface area contributed by atoms with Crippen LogP contribution in [-0.2, 0) is 6.42 Å². The number of aromatic nitrogens is 1. The van der Waals surface area contributed by atoms with Gasteiger partial charge in [0.05, 0.1) is 0 Å². The van der Waals surface area contributed by atoms with Crippen molar-refractivity contribution in [3.8, 4) is 0 Å². The standard InChI is InChI=1S/C22H23FN2O.ClH/c23-19-7-5-16(6-8-19)22(26)17-9-12-25(13-10-17)14-11-18-15-24-21-4-2-1-3-20(18)21;/h1-8,15,17,24H,9-14H2;1H. The molecule has 2 heterocycles. The number of fused-ring (bicyclic) bond motifs is 1. The predicted molar refractivity (Wildman–Crippen MR) is 109 cm³/mol. The highest BCUT2D eigenvalue weighted by molar-refractivity contribution is 5.97. The quantitative estimate of drug-likeness (QED) is 0.635. The Balaban J connectivity index is 0.00000210. The van der Waals surface area contributed by atoms with Crippen LogP contribution in [0.15, 0.2) is 54.7 Å². The summed E-state index contributed by atoms with van der Waals surface area (Å²) in [6.07, 6.45) is 4.88. The Morgan fingerprint density at radius 3 is 2.52 bits per heavy atom. The van der Waals surface area contributed by atoms with Gasteiger partial charge >= 0.3 is 0 Å². The van der Waals surface area contributed by atoms with Crippen molar-refractivity contribution in [1.29, 1.82) is 0 Å². The number of aromatic amines is 1. The van der Waals surface area contributed by atoms with Crippen molar-refractivity contribution in [3.63, 3.8) is 0 Å². The van der Waals surface area contributed by atoms with Crippen molar-refractivity contribution in [1.82, 2.24) is 9.88 Å². The van der Waals surface area contributed by atoms with Crippen LogP contribution in [0.25, 0.3) is 10.9 Å². The Morgan fingerprint density at radius 2 is 1.78 bits per heavy atom. The molecule has 0 amide bonds. The molecule has 0 atom stereocenters. The van der Waals surface area contributed by atoms with Crippen LogP contribution in [0.2, 0.25) is 0 Å². The normalized spacial score (nSPS) is 15.6. The van der Waals surface area contributed by atoms with Crippen LogP contribution in [0.3, 0.4) is 0 Å². The van der Waals surface area contributed by atoms with Gasteiger partial charge in [-0.15, -0.1) is 12.4 Å². The zero-order valence-electron chi connectivity index (χ0n) is 15.2. The van der Waals surface area contributed by atoms with E-state index in [9.17, 15) is 9.18 Å². The molecule has 3 aromatic rings. The monoisotopic (exact) mass is 386 g/mol. The van der Waals surface area contributed by atoms with Crippen LogP contribution in [0.5, 0.6) is 0 Å². The number of ketones is 1. The predicted octanol–water partition coefficient (Wildman–Crippen LogP) is 4.87. The maximum Gasteiger partial charge on any atom is 0.166 e. The topological polar surface area (TPSA) is 36.1 Å². The largest absolute Gasteiger partial charge is 0.361 e. The van der Waals surface area contributed by atoms with Gasteiger partial charge in [-0.1, -0.05) is 18.2 Å². The number of hydrogen-bond acceptors (Lipinski definition) is 2. The second-order valence-corrected chi connectivity index (χ2v) is 7.10. The Labute approximate surface area is 165 Å². The molecule has 1 aromatic heterocycles. The van der Waals surface area contributed by atoms with E-state index in [-0.39, 0.29) is 29.9 Å². The minimum absolute atomic E-state index is 0. The second kappa shape index (κ2) is 8.68. The van der Waals surface area contributed by atoms with Crippen molar-refractivity contribution in [2.24, 2.45) is 5.92 Å². The Kier molecular flexibility index (Phi) is 6.30. The lowest BCUT2D eigenvalue weighted by atomic mass is 9.89. The summed E-state index contributed by atoms with van der Waals surface area (Å²) in [6, 6.07) is 14.3. The molecule has 0 saturated carbocycles. The van der Waals surface area contributed by atoms with Gasteiger partial charge in [0.25, 0.3) is 0 Å². The molecule has 1 saturated heterocycles. The maximum absolute atomic E-state index is 13.0. The molecule has 0 spiro atoms. The van der Waals surface area contributed by atoms with E-state index in [1.165, 1.54) is 28.6 Å². The van der Waals surface area contributed by atoms with E-state index in [0.29, 0.717) is 5.56 Å². The van der Waals surface area contributed by atoms with Crippen molar-refractivity contribution in [2.75, 3.05) is 19.6 Å². The van der Waals surface area contributed by atoms with Gasteiger partial charge < -0.3 is 9.88 Å². The zero-order valence-corrected chi connectivity index (χ0v) is 16.0. The van der Waals surface area contributed by atoms with E-state index >= 15 is 0 Å². The van der Waals surface area contributed by atoms with Gasteiger partial charge in [0.2, 0.25) is 0 Å². The van der Waals surface area contributed by atoms with Gasteiger partial charge in [-0.2, -0.15) is 0 Å². The molecule has 0 bridgehead atoms. The number of hydrogen-bond donors (Lipinski definition) is 1. The molecule has 142 valence electrons. The summed E-state index contributed by atoms with van der Waals surface area (Å²) < 4.78 is 13.0. The van der Waals surface area contributed by atoms with Crippen LogP contribution >= 0.6 is 12.4 Å². The number of nitrogens with zero attached hydrogens (tertiary/aromatic N) is 1. The van der Waals surface area contributed by atoms with Crippen LogP contribution in [0.4, 0.5) is 4.39 Å². The number of carbonyl (C=O) groups is 1. The SMILES string of the molecule is Cl.O=C(c1ccc(F)cc1)C1CCN(CCc2c[nH]c3ccccc23)CC1. The molecule has 3 nitrogen and oxygen atoms in total. The number of benzene rings is 2. The zero-order chi connectivity index (χ0) is 17.9. The van der Waals surface area contributed by atoms with Crippen LogP contribution < -0.4 is 0 Å². The van der Waals surface area contributed by atoms with Crippen molar-refractivity contribution >= 4 is 29.1 Å². The summed E-state index contributed by atoms with van der Waals surface area (Å²) in [5.41, 5.74) is 3.17. The first kappa shape index (κ1) is 19.6. The maximum atomic E-state index is 13.0. The minimum Gasteiger partial charge on any atom is -0.361 e. The molecule has 0 aliphatic carbocycles. The van der Waals surface area contributed by atoms with Crippen LogP contribution in [0, 0.1) is 11.7 Å². The summed E-state index contributed by atoms with van der Waals surface area (Å²) in [6.45, 7) is 2.90. The average molecular weight is 387 g/mol. The molecular formula is C22H24ClFN2O. The number of likely N-dealkylation sites (tertiary alicyclic amines) is 1. The number of nitrogens with one attached hydrogen (secondary N) is 1. The van der Waals surface area contributed by atoms with E-state index in [4.69, 9.17) is 0 Å². The van der Waals surface area contributed by atoms with Gasteiger partial charge in [0, 0.05) is 35.1 Å². The molecule has 27 heavy (non-hydrogen) atoms. The Morgan fingerprint density at radius 1 is 1.07 bits per heavy atom. The summed E-state index contributed by atoms with van der Waals surface area (Å²) in [5.74, 6) is -0.0836. The van der Waals surface area contributed by atoms with Gasteiger partial charge in [0.1, 0.15) is 5.82 Å². The average Bonchev–Trinajstić information content (AvgIpc) is 3.10. The van der Waals surface area contributed by atoms with Crippen molar-refractivity contribution in [2.45, 2.75) is 19.3 Å². The number of para-hydroxylation sites is 1. The molecule has 1 fully saturated rings. The third-order valence-corrected chi connectivity index (χ3v) is 5.46. The lowest BCUT2D eigenvalue weighted by Gasteiger charge is -2.31.